The van der Waals surface area contributed by atoms with Gasteiger partial charge in [0.1, 0.15) is 0 Å². The van der Waals surface area contributed by atoms with E-state index in [1.165, 1.54) is 12.1 Å². The van der Waals surface area contributed by atoms with Crippen molar-refractivity contribution in [2.45, 2.75) is 59.3 Å². The van der Waals surface area contributed by atoms with Crippen molar-refractivity contribution in [1.82, 2.24) is 0 Å². The first-order chi connectivity index (χ1) is 10.5. The summed E-state index contributed by atoms with van der Waals surface area (Å²) in [5.41, 5.74) is 0.0925. The number of hydrogen-bond donors (Lipinski definition) is 0. The first-order valence-electron chi connectivity index (χ1n) is 7.91. The molecule has 0 saturated carbocycles. The molecule has 0 bridgehead atoms. The van der Waals surface area contributed by atoms with Gasteiger partial charge in [0.05, 0.1) is 11.1 Å². The minimum Gasteiger partial charge on any atom is -0.294 e. The molecule has 4 nitrogen and oxygen atoms in total. The Morgan fingerprint density at radius 1 is 0.727 bits per heavy atom. The van der Waals surface area contributed by atoms with Crippen LogP contribution in [0.15, 0.2) is 12.1 Å². The number of ketones is 3. The van der Waals surface area contributed by atoms with Crippen LogP contribution < -0.4 is 0 Å². The van der Waals surface area contributed by atoms with Crippen LogP contribution in [0.25, 0.3) is 0 Å². The van der Waals surface area contributed by atoms with E-state index in [1.54, 1.807) is 0 Å². The summed E-state index contributed by atoms with van der Waals surface area (Å²) < 4.78 is 0. The van der Waals surface area contributed by atoms with Gasteiger partial charge in [-0.05, 0) is 31.4 Å². The van der Waals surface area contributed by atoms with Gasteiger partial charge in [0.2, 0.25) is 5.75 Å². The molecule has 4 heteroatoms. The summed E-state index contributed by atoms with van der Waals surface area (Å²) in [6, 6.07) is 2.86. The molecular formula is C18H23O4. The average Bonchev–Trinajstić information content (AvgIpc) is 2.47. The third-order valence-electron chi connectivity index (χ3n) is 3.47. The van der Waals surface area contributed by atoms with Crippen molar-refractivity contribution in [3.8, 4) is 5.75 Å². The fourth-order valence-corrected chi connectivity index (χ4v) is 2.39. The zero-order valence-electron chi connectivity index (χ0n) is 13.5. The summed E-state index contributed by atoms with van der Waals surface area (Å²) in [6.45, 7) is 5.55. The van der Waals surface area contributed by atoms with Crippen molar-refractivity contribution in [3.05, 3.63) is 28.8 Å². The van der Waals surface area contributed by atoms with Crippen molar-refractivity contribution in [2.75, 3.05) is 0 Å². The second-order valence-corrected chi connectivity index (χ2v) is 5.38. The van der Waals surface area contributed by atoms with E-state index in [4.69, 9.17) is 0 Å². The average molecular weight is 303 g/mol. The Morgan fingerprint density at radius 3 is 1.64 bits per heavy atom. The summed E-state index contributed by atoms with van der Waals surface area (Å²) >= 11 is 0. The topological polar surface area (TPSA) is 71.1 Å². The minimum atomic E-state index is -0.584. The number of benzene rings is 1. The maximum absolute atomic E-state index is 12.5. The highest BCUT2D eigenvalue weighted by molar-refractivity contribution is 6.13. The molecule has 0 aliphatic rings. The standard InChI is InChI=1S/C18H23O4/c1-4-7-14(19)12-10-11-13(15(20)8-5-2)18(22)17(12)16(21)9-6-3/h10-11H,4-9H2,1-3H3. The molecule has 22 heavy (non-hydrogen) atoms. The highest BCUT2D eigenvalue weighted by Gasteiger charge is 2.25. The second-order valence-electron chi connectivity index (χ2n) is 5.38. The van der Waals surface area contributed by atoms with Crippen molar-refractivity contribution in [3.63, 3.8) is 0 Å². The number of carbonyl (C=O) groups is 3. The predicted octanol–water partition coefficient (Wildman–Crippen LogP) is 4.78. The summed E-state index contributed by atoms with van der Waals surface area (Å²) in [5.74, 6) is -1.42. The van der Waals surface area contributed by atoms with Crippen molar-refractivity contribution >= 4 is 17.3 Å². The van der Waals surface area contributed by atoms with Crippen LogP contribution in [0.4, 0.5) is 0 Å². The molecule has 0 aliphatic carbocycles. The molecule has 0 aliphatic heterocycles. The molecule has 119 valence electrons. The molecule has 1 aromatic rings. The van der Waals surface area contributed by atoms with Crippen LogP contribution in [0, 0.1) is 0 Å². The fourth-order valence-electron chi connectivity index (χ4n) is 2.39. The molecule has 0 atom stereocenters. The molecule has 0 N–H and O–H groups in total. The fraction of sp³-hybridized carbons (Fsp3) is 0.500. The van der Waals surface area contributed by atoms with Crippen LogP contribution in [0.2, 0.25) is 0 Å². The Balaban J connectivity index is 3.41. The second kappa shape index (κ2) is 8.47. The first kappa shape index (κ1) is 18.1. The molecule has 0 amide bonds. The van der Waals surface area contributed by atoms with Gasteiger partial charge in [0.25, 0.3) is 0 Å². The van der Waals surface area contributed by atoms with E-state index in [2.05, 4.69) is 0 Å². The Hall–Kier alpha value is -1.97. The van der Waals surface area contributed by atoms with E-state index in [1.807, 2.05) is 20.8 Å². The zero-order valence-corrected chi connectivity index (χ0v) is 13.5. The molecule has 1 rings (SSSR count). The molecule has 0 heterocycles. The molecule has 0 fully saturated rings. The largest absolute Gasteiger partial charge is 0.294 e. The molecule has 0 unspecified atom stereocenters. The molecular weight excluding hydrogens is 280 g/mol. The lowest BCUT2D eigenvalue weighted by Gasteiger charge is -2.11. The van der Waals surface area contributed by atoms with Gasteiger partial charge in [0, 0.05) is 24.8 Å². The van der Waals surface area contributed by atoms with Crippen LogP contribution in [0.1, 0.15) is 90.4 Å². The van der Waals surface area contributed by atoms with Gasteiger partial charge in [-0.3, -0.25) is 19.5 Å². The van der Waals surface area contributed by atoms with Crippen LogP contribution in [-0.2, 0) is 5.11 Å². The highest BCUT2D eigenvalue weighted by Crippen LogP contribution is 2.30. The van der Waals surface area contributed by atoms with Crippen molar-refractivity contribution < 1.29 is 19.5 Å². The lowest BCUT2D eigenvalue weighted by molar-refractivity contribution is 0.0940. The van der Waals surface area contributed by atoms with Crippen molar-refractivity contribution in [1.29, 1.82) is 0 Å². The summed E-state index contributed by atoms with van der Waals surface area (Å²) in [6.07, 6.45) is 2.62. The third kappa shape index (κ3) is 4.03. The Morgan fingerprint density at radius 2 is 1.14 bits per heavy atom. The zero-order chi connectivity index (χ0) is 16.7. The summed E-state index contributed by atoms with van der Waals surface area (Å²) in [4.78, 5) is 36.4. The smallest absolute Gasteiger partial charge is 0.200 e. The van der Waals surface area contributed by atoms with E-state index >= 15 is 0 Å². The molecule has 1 aromatic carbocycles. The van der Waals surface area contributed by atoms with E-state index in [0.717, 1.165) is 0 Å². The van der Waals surface area contributed by atoms with E-state index in [0.29, 0.717) is 19.3 Å². The maximum Gasteiger partial charge on any atom is 0.200 e. The Labute approximate surface area is 131 Å². The van der Waals surface area contributed by atoms with E-state index in [-0.39, 0.29) is 53.3 Å². The number of Topliss-reactive ketones (excluding diaryl/α,β-unsaturated/α-hetero) is 3. The minimum absolute atomic E-state index is 0.0225. The maximum atomic E-state index is 12.5. The SMILES string of the molecule is CCCC(=O)c1ccc(C(=O)CCC)c(C(=O)CCC)c1[O]. The lowest BCUT2D eigenvalue weighted by atomic mass is 9.91. The molecule has 0 saturated heterocycles. The van der Waals surface area contributed by atoms with E-state index < -0.39 is 5.75 Å². The van der Waals surface area contributed by atoms with Crippen LogP contribution in [0.3, 0.4) is 0 Å². The first-order valence-corrected chi connectivity index (χ1v) is 7.91. The molecule has 0 aromatic heterocycles. The van der Waals surface area contributed by atoms with Gasteiger partial charge in [-0.25, -0.2) is 0 Å². The number of hydrogen-bond acceptors (Lipinski definition) is 3. The summed E-state index contributed by atoms with van der Waals surface area (Å²) in [7, 11) is 0. The third-order valence-corrected chi connectivity index (χ3v) is 3.47. The van der Waals surface area contributed by atoms with Gasteiger partial charge in [-0.2, -0.15) is 0 Å². The number of rotatable bonds is 9. The quantitative estimate of drug-likeness (QED) is 0.616. The highest BCUT2D eigenvalue weighted by atomic mass is 16.3. The number of carbonyl (C=O) groups excluding carboxylic acids is 3. The van der Waals surface area contributed by atoms with Gasteiger partial charge < -0.3 is 0 Å². The van der Waals surface area contributed by atoms with Crippen LogP contribution in [0.5, 0.6) is 5.75 Å². The van der Waals surface area contributed by atoms with Gasteiger partial charge in [-0.15, -0.1) is 0 Å². The normalized spacial score (nSPS) is 10.5. The predicted molar refractivity (Wildman–Crippen MR) is 84.3 cm³/mol. The van der Waals surface area contributed by atoms with Gasteiger partial charge in [-0.1, -0.05) is 20.8 Å². The Kier molecular flexibility index (Phi) is 6.96. The van der Waals surface area contributed by atoms with Gasteiger partial charge >= 0.3 is 0 Å². The molecule has 1 radical (unpaired) electrons. The molecule has 0 spiro atoms. The van der Waals surface area contributed by atoms with Gasteiger partial charge in [0.15, 0.2) is 17.3 Å². The summed E-state index contributed by atoms with van der Waals surface area (Å²) in [5, 5.41) is 12.5. The lowest BCUT2D eigenvalue weighted by Crippen LogP contribution is -2.12. The van der Waals surface area contributed by atoms with E-state index in [9.17, 15) is 19.5 Å². The van der Waals surface area contributed by atoms with Crippen LogP contribution >= 0.6 is 0 Å². The monoisotopic (exact) mass is 303 g/mol. The van der Waals surface area contributed by atoms with Crippen LogP contribution in [-0.4, -0.2) is 17.3 Å². The van der Waals surface area contributed by atoms with Crippen molar-refractivity contribution in [2.24, 2.45) is 0 Å². The Bertz CT molecular complexity index is 573.